The Labute approximate surface area is 84.2 Å². The molecule has 0 aromatic heterocycles. The van der Waals surface area contributed by atoms with Gasteiger partial charge in [-0.3, -0.25) is 5.32 Å². The van der Waals surface area contributed by atoms with Gasteiger partial charge < -0.3 is 25.2 Å². The molecule has 8 nitrogen and oxygen atoms in total. The van der Waals surface area contributed by atoms with E-state index < -0.39 is 24.1 Å². The number of aliphatic hydroxyl groups is 2. The Morgan fingerprint density at radius 2 is 1.93 bits per heavy atom. The van der Waals surface area contributed by atoms with Crippen LogP contribution in [0.3, 0.4) is 0 Å². The fourth-order valence-electron chi connectivity index (χ4n) is 0.512. The van der Waals surface area contributed by atoms with Gasteiger partial charge in [-0.1, -0.05) is 0 Å². The summed E-state index contributed by atoms with van der Waals surface area (Å²) in [4.78, 5) is 23.1. The zero-order valence-corrected chi connectivity index (χ0v) is 7.48. The van der Waals surface area contributed by atoms with Crippen molar-refractivity contribution in [1.29, 1.82) is 0 Å². The molecule has 0 spiro atoms. The Kier molecular flexibility index (Phi) is 5.86. The van der Waals surface area contributed by atoms with Crippen LogP contribution >= 0.6 is 0 Å². The number of carboxylic acids is 2. The van der Waals surface area contributed by atoms with Crippen LogP contribution in [0.5, 0.6) is 0 Å². The van der Waals surface area contributed by atoms with Crippen molar-refractivity contribution < 1.29 is 35.3 Å². The maximum absolute atomic E-state index is 9.74. The van der Waals surface area contributed by atoms with Gasteiger partial charge in [0.2, 0.25) is 0 Å². The number of hydrogen-bond donors (Lipinski definition) is 4. The Morgan fingerprint density at radius 1 is 1.33 bits per heavy atom. The van der Waals surface area contributed by atoms with Crippen LogP contribution in [0.4, 0.5) is 0 Å². The number of aliphatic hydroxyl groups excluding tert-OH is 2. The lowest BCUT2D eigenvalue weighted by Gasteiger charge is -2.13. The Bertz CT molecular complexity index is 259. The average Bonchev–Trinajstić information content (AvgIpc) is 2.73. The highest BCUT2D eigenvalue weighted by Crippen LogP contribution is 1.90. The fraction of sp³-hybridized carbons (Fsp3) is 0.286. The number of rotatable bonds is 3. The summed E-state index contributed by atoms with van der Waals surface area (Å²) in [6, 6.07) is 0. The summed E-state index contributed by atoms with van der Waals surface area (Å²) in [6.07, 6.45) is 0.683. The summed E-state index contributed by atoms with van der Waals surface area (Å²) in [5.74, 6) is -3.83. The fourth-order valence-corrected chi connectivity index (χ4v) is 0.512. The lowest BCUT2D eigenvalue weighted by Crippen LogP contribution is -2.74. The average molecular weight is 218 g/mol. The molecule has 1 heterocycles. The van der Waals surface area contributed by atoms with Crippen LogP contribution in [0.2, 0.25) is 0 Å². The van der Waals surface area contributed by atoms with Gasteiger partial charge in [-0.15, -0.1) is 0 Å². The molecule has 0 saturated heterocycles. The number of quaternary nitrogens is 1. The molecule has 84 valence electrons. The number of hydrogen-bond acceptors (Lipinski definition) is 6. The first-order valence-corrected chi connectivity index (χ1v) is 3.78. The van der Waals surface area contributed by atoms with Crippen LogP contribution in [0.1, 0.15) is 0 Å². The van der Waals surface area contributed by atoms with E-state index in [0.29, 0.717) is 0 Å². The summed E-state index contributed by atoms with van der Waals surface area (Å²) in [5, 5.41) is 36.0. The van der Waals surface area contributed by atoms with Crippen molar-refractivity contribution in [3.63, 3.8) is 0 Å². The third-order valence-corrected chi connectivity index (χ3v) is 1.25. The third-order valence-electron chi connectivity index (χ3n) is 1.25. The lowest BCUT2D eigenvalue weighted by molar-refractivity contribution is -0.447. The van der Waals surface area contributed by atoms with E-state index in [1.807, 2.05) is 11.5 Å². The Hall–Kier alpha value is -1.77. The summed E-state index contributed by atoms with van der Waals surface area (Å²) in [7, 11) is 0. The number of carbonyl (C=O) groups excluding carboxylic acids is 1. The largest absolute Gasteiger partial charge is 0.547 e. The zero-order valence-electron chi connectivity index (χ0n) is 7.48. The van der Waals surface area contributed by atoms with E-state index in [1.165, 1.54) is 0 Å². The van der Waals surface area contributed by atoms with Gasteiger partial charge in [-0.05, 0) is 0 Å². The van der Waals surface area contributed by atoms with Gasteiger partial charge in [0.05, 0.1) is 12.2 Å². The third kappa shape index (κ3) is 5.52. The molecule has 0 radical (unpaired) electrons. The van der Waals surface area contributed by atoms with Crippen LogP contribution in [0.15, 0.2) is 17.4 Å². The highest BCUT2D eigenvalue weighted by molar-refractivity contribution is 5.81. The SMILES string of the molecule is C1=C[NH2+]C=N1.O=C([O-])[C@H](O)[C@@H](O)C(=O)O. The van der Waals surface area contributed by atoms with Gasteiger partial charge in [0.1, 0.15) is 12.3 Å². The molecular weight excluding hydrogens is 208 g/mol. The molecule has 1 rings (SSSR count). The molecule has 0 aliphatic carbocycles. The molecule has 1 aliphatic heterocycles. The number of carboxylic acid groups (broad SMARTS) is 2. The topological polar surface area (TPSA) is 147 Å². The van der Waals surface area contributed by atoms with Gasteiger partial charge in [0.25, 0.3) is 0 Å². The van der Waals surface area contributed by atoms with Crippen LogP contribution in [-0.4, -0.2) is 45.8 Å². The predicted molar refractivity (Wildman–Crippen MR) is 44.2 cm³/mol. The van der Waals surface area contributed by atoms with Gasteiger partial charge in [0.15, 0.2) is 12.4 Å². The van der Waals surface area contributed by atoms with Crippen molar-refractivity contribution in [3.8, 4) is 0 Å². The van der Waals surface area contributed by atoms with Crippen molar-refractivity contribution in [2.45, 2.75) is 12.2 Å². The van der Waals surface area contributed by atoms with Gasteiger partial charge in [-0.25, -0.2) is 9.79 Å². The molecule has 0 amide bonds. The van der Waals surface area contributed by atoms with Crippen LogP contribution in [-0.2, 0) is 9.59 Å². The summed E-state index contributed by atoms with van der Waals surface area (Å²) in [5.41, 5.74) is 0. The van der Waals surface area contributed by atoms with E-state index in [-0.39, 0.29) is 0 Å². The molecule has 0 unspecified atom stereocenters. The highest BCUT2D eigenvalue weighted by atomic mass is 16.4. The van der Waals surface area contributed by atoms with E-state index in [0.717, 1.165) is 0 Å². The molecule has 0 aromatic carbocycles. The van der Waals surface area contributed by atoms with Gasteiger partial charge in [-0.2, -0.15) is 0 Å². The van der Waals surface area contributed by atoms with Crippen molar-refractivity contribution in [1.82, 2.24) is 0 Å². The van der Waals surface area contributed by atoms with E-state index in [2.05, 4.69) is 4.99 Å². The molecule has 0 aromatic rings. The molecular formula is C7H10N2O6. The van der Waals surface area contributed by atoms with Crippen molar-refractivity contribution in [3.05, 3.63) is 12.4 Å². The minimum atomic E-state index is -2.38. The highest BCUT2D eigenvalue weighted by Gasteiger charge is 2.23. The predicted octanol–water partition coefficient (Wildman–Crippen LogP) is -4.39. The van der Waals surface area contributed by atoms with Gasteiger partial charge >= 0.3 is 5.97 Å². The number of aliphatic imine (C=N–C) groups is 1. The van der Waals surface area contributed by atoms with Crippen molar-refractivity contribution in [2.24, 2.45) is 4.99 Å². The second-order valence-corrected chi connectivity index (χ2v) is 2.38. The number of nitrogens with two attached hydrogens (primary N) is 1. The Balaban J connectivity index is 0.000000322. The molecule has 15 heavy (non-hydrogen) atoms. The molecule has 2 atom stereocenters. The standard InChI is InChI=1S/C4H6O6.C3H4N2/c5-1(3(7)8)2(6)4(9)10;1-2-5-3-4-1/h1-2,5-6H,(H,7,8)(H,9,10);1-3H,(H,4,5)/t1-,2-;/m1./s1. The monoisotopic (exact) mass is 218 g/mol. The van der Waals surface area contributed by atoms with Crippen molar-refractivity contribution in [2.75, 3.05) is 0 Å². The van der Waals surface area contributed by atoms with Gasteiger partial charge in [0, 0.05) is 0 Å². The van der Waals surface area contributed by atoms with Crippen molar-refractivity contribution >= 4 is 18.3 Å². The maximum atomic E-state index is 9.74. The molecule has 1 aliphatic rings. The number of nitrogens with zero attached hydrogens (tertiary/aromatic N) is 1. The van der Waals surface area contributed by atoms with Crippen LogP contribution in [0.25, 0.3) is 0 Å². The number of carbonyl (C=O) groups is 2. The molecule has 0 saturated carbocycles. The summed E-state index contributed by atoms with van der Waals surface area (Å²) >= 11 is 0. The van der Waals surface area contributed by atoms with E-state index in [4.69, 9.17) is 15.3 Å². The summed E-state index contributed by atoms with van der Waals surface area (Å²) < 4.78 is 0. The minimum Gasteiger partial charge on any atom is -0.547 e. The first kappa shape index (κ1) is 13.2. The second-order valence-electron chi connectivity index (χ2n) is 2.38. The lowest BCUT2D eigenvalue weighted by atomic mass is 10.2. The normalized spacial score (nSPS) is 16.4. The van der Waals surface area contributed by atoms with Crippen LogP contribution < -0.4 is 10.4 Å². The molecule has 8 heteroatoms. The first-order valence-electron chi connectivity index (χ1n) is 3.78. The van der Waals surface area contributed by atoms with E-state index in [1.54, 1.807) is 12.5 Å². The first-order chi connectivity index (χ1) is 6.96. The second kappa shape index (κ2) is 6.65. The Morgan fingerprint density at radius 3 is 2.07 bits per heavy atom. The zero-order chi connectivity index (χ0) is 11.8. The quantitative estimate of drug-likeness (QED) is 0.376. The minimum absolute atomic E-state index is 1.75. The van der Waals surface area contributed by atoms with E-state index >= 15 is 0 Å². The summed E-state index contributed by atoms with van der Waals surface area (Å²) in [6.45, 7) is 0. The molecule has 0 fully saturated rings. The molecule has 5 N–H and O–H groups in total. The molecule has 0 bridgehead atoms. The number of aliphatic carboxylic acids is 2. The van der Waals surface area contributed by atoms with E-state index in [9.17, 15) is 14.7 Å². The maximum Gasteiger partial charge on any atom is 0.335 e. The smallest absolute Gasteiger partial charge is 0.335 e. The van der Waals surface area contributed by atoms with Crippen LogP contribution in [0, 0.1) is 0 Å².